The summed E-state index contributed by atoms with van der Waals surface area (Å²) < 4.78 is 5.91. The molecule has 1 aliphatic heterocycles. The number of nitrogens with zero attached hydrogens (tertiary/aromatic N) is 1. The average Bonchev–Trinajstić information content (AvgIpc) is 2.73. The van der Waals surface area contributed by atoms with E-state index in [1.165, 1.54) is 11.1 Å². The van der Waals surface area contributed by atoms with E-state index in [-0.39, 0.29) is 11.8 Å². The number of hydrogen-bond acceptors (Lipinski definition) is 3. The summed E-state index contributed by atoms with van der Waals surface area (Å²) in [6.45, 7) is 3.59. The van der Waals surface area contributed by atoms with E-state index >= 15 is 0 Å². The van der Waals surface area contributed by atoms with Gasteiger partial charge in [-0.1, -0.05) is 47.5 Å². The maximum Gasteiger partial charge on any atom is 0.307 e. The largest absolute Gasteiger partial charge is 0.481 e. The van der Waals surface area contributed by atoms with E-state index in [2.05, 4.69) is 29.2 Å². The SMILES string of the molecule is O=C(O)[C@@H]1CCCN(CCOCCC(c2ccc(Cl)cc2)c2ccc(Cl)cc2)C1. The normalized spacial score (nSPS) is 17.6. The van der Waals surface area contributed by atoms with Gasteiger partial charge < -0.3 is 14.7 Å². The second-order valence-electron chi connectivity index (χ2n) is 7.53. The van der Waals surface area contributed by atoms with Crippen LogP contribution in [0.5, 0.6) is 0 Å². The van der Waals surface area contributed by atoms with Crippen LogP contribution in [-0.2, 0) is 9.53 Å². The maximum atomic E-state index is 11.2. The molecule has 2 aromatic carbocycles. The lowest BCUT2D eigenvalue weighted by Gasteiger charge is -2.30. The Bertz CT molecular complexity index is 734. The van der Waals surface area contributed by atoms with Gasteiger partial charge in [-0.2, -0.15) is 0 Å². The number of carbonyl (C=O) groups is 1. The molecule has 0 aliphatic carbocycles. The molecule has 156 valence electrons. The van der Waals surface area contributed by atoms with Gasteiger partial charge >= 0.3 is 5.97 Å². The van der Waals surface area contributed by atoms with Crippen molar-refractivity contribution in [3.63, 3.8) is 0 Å². The van der Waals surface area contributed by atoms with Gasteiger partial charge in [0.05, 0.1) is 12.5 Å². The highest BCUT2D eigenvalue weighted by Crippen LogP contribution is 2.30. The lowest BCUT2D eigenvalue weighted by atomic mass is 9.89. The predicted octanol–water partition coefficient (Wildman–Crippen LogP) is 5.33. The van der Waals surface area contributed by atoms with Crippen molar-refractivity contribution in [2.45, 2.75) is 25.2 Å². The van der Waals surface area contributed by atoms with Crippen molar-refractivity contribution in [1.29, 1.82) is 0 Å². The summed E-state index contributed by atoms with van der Waals surface area (Å²) in [5.74, 6) is -0.733. The van der Waals surface area contributed by atoms with Crippen LogP contribution in [0.2, 0.25) is 10.0 Å². The van der Waals surface area contributed by atoms with Crippen LogP contribution in [0.4, 0.5) is 0 Å². The molecule has 6 heteroatoms. The van der Waals surface area contributed by atoms with Gasteiger partial charge in [-0.3, -0.25) is 4.79 Å². The van der Waals surface area contributed by atoms with E-state index in [1.54, 1.807) is 0 Å². The van der Waals surface area contributed by atoms with E-state index in [4.69, 9.17) is 27.9 Å². The van der Waals surface area contributed by atoms with Crippen molar-refractivity contribution in [3.05, 3.63) is 69.7 Å². The molecule has 0 amide bonds. The molecule has 0 bridgehead atoms. The fourth-order valence-corrected chi connectivity index (χ4v) is 4.13. The van der Waals surface area contributed by atoms with Gasteiger partial charge in [-0.25, -0.2) is 0 Å². The molecule has 3 rings (SSSR count). The first-order valence-corrected chi connectivity index (χ1v) is 10.8. The summed E-state index contributed by atoms with van der Waals surface area (Å²) in [7, 11) is 0. The van der Waals surface area contributed by atoms with Gasteiger partial charge in [0.1, 0.15) is 0 Å². The highest BCUT2D eigenvalue weighted by molar-refractivity contribution is 6.30. The fourth-order valence-electron chi connectivity index (χ4n) is 3.87. The van der Waals surface area contributed by atoms with Crippen molar-refractivity contribution in [2.24, 2.45) is 5.92 Å². The number of benzene rings is 2. The van der Waals surface area contributed by atoms with Gasteiger partial charge in [-0.05, 0) is 61.2 Å². The molecule has 4 nitrogen and oxygen atoms in total. The molecule has 1 aliphatic rings. The first kappa shape index (κ1) is 22.1. The van der Waals surface area contributed by atoms with Crippen LogP contribution in [0.15, 0.2) is 48.5 Å². The maximum absolute atomic E-state index is 11.2. The summed E-state index contributed by atoms with van der Waals surface area (Å²) >= 11 is 12.1. The number of piperidine rings is 1. The third-order valence-corrected chi connectivity index (χ3v) is 6.01. The molecule has 1 atom stereocenters. The van der Waals surface area contributed by atoms with Crippen LogP contribution in [0.1, 0.15) is 36.3 Å². The summed E-state index contributed by atoms with van der Waals surface area (Å²) in [5.41, 5.74) is 2.39. The highest BCUT2D eigenvalue weighted by Gasteiger charge is 2.24. The smallest absolute Gasteiger partial charge is 0.307 e. The number of aliphatic carboxylic acids is 1. The zero-order valence-corrected chi connectivity index (χ0v) is 17.9. The average molecular weight is 436 g/mol. The molecule has 0 radical (unpaired) electrons. The van der Waals surface area contributed by atoms with Gasteiger partial charge in [0.15, 0.2) is 0 Å². The topological polar surface area (TPSA) is 49.8 Å². The Kier molecular flexibility index (Phi) is 8.37. The Morgan fingerprint density at radius 3 is 2.17 bits per heavy atom. The van der Waals surface area contributed by atoms with Crippen LogP contribution in [0.3, 0.4) is 0 Å². The standard InChI is InChI=1S/C23H27Cl2NO3/c24-20-7-3-17(4-8-20)22(18-5-9-21(25)10-6-18)11-14-29-15-13-26-12-1-2-19(16-26)23(27)28/h3-10,19,22H,1-2,11-16H2,(H,27,28)/t19-/m1/s1. The summed E-state index contributed by atoms with van der Waals surface area (Å²) in [4.78, 5) is 13.4. The Hall–Kier alpha value is -1.59. The highest BCUT2D eigenvalue weighted by atomic mass is 35.5. The quantitative estimate of drug-likeness (QED) is 0.540. The van der Waals surface area contributed by atoms with Gasteiger partial charge in [0, 0.05) is 35.7 Å². The molecule has 0 saturated carbocycles. The first-order valence-electron chi connectivity index (χ1n) is 10.1. The first-order chi connectivity index (χ1) is 14.0. The third kappa shape index (κ3) is 6.71. The fraction of sp³-hybridized carbons (Fsp3) is 0.435. The Labute approximate surface area is 182 Å². The third-order valence-electron chi connectivity index (χ3n) is 5.50. The van der Waals surface area contributed by atoms with Crippen LogP contribution >= 0.6 is 23.2 Å². The van der Waals surface area contributed by atoms with Crippen LogP contribution < -0.4 is 0 Å². The molecule has 2 aromatic rings. The summed E-state index contributed by atoms with van der Waals surface area (Å²) in [5, 5.41) is 10.6. The summed E-state index contributed by atoms with van der Waals surface area (Å²) in [6, 6.07) is 15.9. The molecule has 1 fully saturated rings. The number of carboxylic acid groups (broad SMARTS) is 1. The second kappa shape index (κ2) is 11.0. The van der Waals surface area contributed by atoms with E-state index in [9.17, 15) is 9.90 Å². The minimum atomic E-state index is -0.690. The molecule has 1 saturated heterocycles. The van der Waals surface area contributed by atoms with Crippen molar-refractivity contribution < 1.29 is 14.6 Å². The number of carboxylic acids is 1. The number of likely N-dealkylation sites (tertiary alicyclic amines) is 1. The predicted molar refractivity (Wildman–Crippen MR) is 117 cm³/mol. The molecular formula is C23H27Cl2NO3. The summed E-state index contributed by atoms with van der Waals surface area (Å²) in [6.07, 6.45) is 2.56. The number of ether oxygens (including phenoxy) is 1. The molecule has 0 spiro atoms. The van der Waals surface area contributed by atoms with E-state index in [0.717, 1.165) is 42.4 Å². The van der Waals surface area contributed by atoms with E-state index in [0.29, 0.717) is 19.8 Å². The minimum absolute atomic E-state index is 0.205. The van der Waals surface area contributed by atoms with Crippen molar-refractivity contribution >= 4 is 29.2 Å². The van der Waals surface area contributed by atoms with Crippen LogP contribution in [-0.4, -0.2) is 48.8 Å². The Morgan fingerprint density at radius 1 is 1.03 bits per heavy atom. The molecule has 0 aromatic heterocycles. The van der Waals surface area contributed by atoms with E-state index in [1.807, 2.05) is 24.3 Å². The lowest BCUT2D eigenvalue weighted by Crippen LogP contribution is -2.40. The zero-order valence-electron chi connectivity index (χ0n) is 16.4. The lowest BCUT2D eigenvalue weighted by molar-refractivity contribution is -0.143. The number of rotatable bonds is 9. The van der Waals surface area contributed by atoms with E-state index < -0.39 is 5.97 Å². The Morgan fingerprint density at radius 2 is 1.62 bits per heavy atom. The van der Waals surface area contributed by atoms with Gasteiger partial charge in [0.25, 0.3) is 0 Å². The second-order valence-corrected chi connectivity index (χ2v) is 8.41. The number of halogens is 2. The van der Waals surface area contributed by atoms with Crippen molar-refractivity contribution in [3.8, 4) is 0 Å². The number of hydrogen-bond donors (Lipinski definition) is 1. The molecule has 0 unspecified atom stereocenters. The van der Waals surface area contributed by atoms with Crippen molar-refractivity contribution in [1.82, 2.24) is 4.90 Å². The monoisotopic (exact) mass is 435 g/mol. The van der Waals surface area contributed by atoms with Gasteiger partial charge in [-0.15, -0.1) is 0 Å². The Balaban J connectivity index is 1.51. The van der Waals surface area contributed by atoms with Crippen LogP contribution in [0, 0.1) is 5.92 Å². The molecule has 29 heavy (non-hydrogen) atoms. The zero-order chi connectivity index (χ0) is 20.6. The molecule has 1 heterocycles. The van der Waals surface area contributed by atoms with Crippen LogP contribution in [0.25, 0.3) is 0 Å². The minimum Gasteiger partial charge on any atom is -0.481 e. The molecular weight excluding hydrogens is 409 g/mol. The van der Waals surface area contributed by atoms with Gasteiger partial charge in [0.2, 0.25) is 0 Å². The van der Waals surface area contributed by atoms with Crippen molar-refractivity contribution in [2.75, 3.05) is 32.8 Å². The molecule has 1 N–H and O–H groups in total.